The van der Waals surface area contributed by atoms with Crippen molar-refractivity contribution in [3.63, 3.8) is 0 Å². The van der Waals surface area contributed by atoms with Gasteiger partial charge in [-0.3, -0.25) is 14.5 Å². The van der Waals surface area contributed by atoms with Crippen molar-refractivity contribution in [2.45, 2.75) is 43.0 Å². The molecule has 2 aromatic rings. The van der Waals surface area contributed by atoms with Gasteiger partial charge in [0, 0.05) is 39.9 Å². The number of benzene rings is 2. The molecule has 0 aromatic heterocycles. The van der Waals surface area contributed by atoms with Gasteiger partial charge in [-0.25, -0.2) is 0 Å². The lowest BCUT2D eigenvalue weighted by atomic mass is 9.91. The highest BCUT2D eigenvalue weighted by Gasteiger charge is 2.35. The van der Waals surface area contributed by atoms with Crippen molar-refractivity contribution >= 4 is 23.3 Å². The normalized spacial score (nSPS) is 15.5. The first kappa shape index (κ1) is 21.8. The van der Waals surface area contributed by atoms with Crippen molar-refractivity contribution in [2.75, 3.05) is 26.3 Å². The van der Waals surface area contributed by atoms with E-state index in [0.717, 1.165) is 34.0 Å². The molecule has 0 N–H and O–H groups in total. The van der Waals surface area contributed by atoms with Gasteiger partial charge >= 0.3 is 0 Å². The molecule has 1 aliphatic rings. The van der Waals surface area contributed by atoms with Gasteiger partial charge in [0.05, 0.1) is 18.8 Å². The Morgan fingerprint density at radius 3 is 1.86 bits per heavy atom. The lowest BCUT2D eigenvalue weighted by Gasteiger charge is -2.39. The molecule has 0 spiro atoms. The van der Waals surface area contributed by atoms with Gasteiger partial charge in [-0.05, 0) is 38.1 Å². The second-order valence-electron chi connectivity index (χ2n) is 8.16. The maximum absolute atomic E-state index is 13.1. The highest BCUT2D eigenvalue weighted by Crippen LogP contribution is 2.29. The van der Waals surface area contributed by atoms with Crippen LogP contribution in [0.2, 0.25) is 0 Å². The molecule has 1 heterocycles. The van der Waals surface area contributed by atoms with E-state index >= 15 is 0 Å². The molecule has 1 fully saturated rings. The van der Waals surface area contributed by atoms with Crippen molar-refractivity contribution < 1.29 is 14.3 Å². The minimum Gasteiger partial charge on any atom is -0.379 e. The molecule has 0 amide bonds. The number of carbonyl (C=O) groups excluding carboxylic acids is 2. The fourth-order valence-electron chi connectivity index (χ4n) is 3.45. The van der Waals surface area contributed by atoms with Crippen molar-refractivity contribution in [1.29, 1.82) is 0 Å². The zero-order valence-corrected chi connectivity index (χ0v) is 18.4. The number of morpholine rings is 1. The molecule has 2 aromatic carbocycles. The minimum atomic E-state index is -0.544. The molecule has 0 unspecified atom stereocenters. The lowest BCUT2D eigenvalue weighted by Crippen LogP contribution is -2.54. The number of hydrogen-bond donors (Lipinski definition) is 0. The van der Waals surface area contributed by atoms with Gasteiger partial charge in [-0.2, -0.15) is 0 Å². The molecule has 0 aliphatic carbocycles. The van der Waals surface area contributed by atoms with Gasteiger partial charge in [0.2, 0.25) is 0 Å². The van der Waals surface area contributed by atoms with Crippen LogP contribution >= 0.6 is 11.8 Å². The molecule has 0 radical (unpaired) electrons. The van der Waals surface area contributed by atoms with E-state index in [0.29, 0.717) is 13.2 Å². The standard InChI is InChI=1S/C24H29NO3S/c1-17(2)22(26)18-5-9-20(10-6-18)29-21-11-7-19(8-12-21)23(27)24(3,4)25-13-15-28-16-14-25/h5-12,17H,13-16H2,1-4H3. The number of hydrogen-bond acceptors (Lipinski definition) is 5. The predicted octanol–water partition coefficient (Wildman–Crippen LogP) is 4.97. The van der Waals surface area contributed by atoms with Crippen LogP contribution in [0.3, 0.4) is 0 Å². The van der Waals surface area contributed by atoms with Crippen LogP contribution in [0.25, 0.3) is 0 Å². The van der Waals surface area contributed by atoms with Crippen LogP contribution in [-0.2, 0) is 4.74 Å². The van der Waals surface area contributed by atoms with Crippen LogP contribution in [0, 0.1) is 5.92 Å². The Balaban J connectivity index is 1.67. The average molecular weight is 412 g/mol. The Labute approximate surface area is 177 Å². The van der Waals surface area contributed by atoms with Crippen LogP contribution < -0.4 is 0 Å². The van der Waals surface area contributed by atoms with Gasteiger partial charge in [0.15, 0.2) is 11.6 Å². The molecule has 1 saturated heterocycles. The molecular formula is C24H29NO3S. The molecule has 0 saturated carbocycles. The van der Waals surface area contributed by atoms with Crippen molar-refractivity contribution in [3.8, 4) is 0 Å². The van der Waals surface area contributed by atoms with Gasteiger partial charge in [-0.1, -0.05) is 49.9 Å². The zero-order chi connectivity index (χ0) is 21.0. The summed E-state index contributed by atoms with van der Waals surface area (Å²) in [4.78, 5) is 29.5. The largest absolute Gasteiger partial charge is 0.379 e. The maximum atomic E-state index is 13.1. The number of nitrogens with zero attached hydrogens (tertiary/aromatic N) is 1. The second kappa shape index (κ2) is 9.24. The second-order valence-corrected chi connectivity index (χ2v) is 9.30. The highest BCUT2D eigenvalue weighted by molar-refractivity contribution is 7.99. The Hall–Kier alpha value is -1.95. The fraction of sp³-hybridized carbons (Fsp3) is 0.417. The first-order valence-corrected chi connectivity index (χ1v) is 10.9. The summed E-state index contributed by atoms with van der Waals surface area (Å²) < 4.78 is 5.41. The Kier molecular flexibility index (Phi) is 6.93. The quantitative estimate of drug-likeness (QED) is 0.602. The van der Waals surface area contributed by atoms with Crippen LogP contribution in [-0.4, -0.2) is 48.3 Å². The molecular weight excluding hydrogens is 382 g/mol. The maximum Gasteiger partial charge on any atom is 0.182 e. The zero-order valence-electron chi connectivity index (χ0n) is 17.6. The van der Waals surface area contributed by atoms with E-state index in [-0.39, 0.29) is 17.5 Å². The highest BCUT2D eigenvalue weighted by atomic mass is 32.2. The molecule has 154 valence electrons. The molecule has 29 heavy (non-hydrogen) atoms. The van der Waals surface area contributed by atoms with E-state index < -0.39 is 5.54 Å². The summed E-state index contributed by atoms with van der Waals surface area (Å²) in [6, 6.07) is 15.5. The fourth-order valence-corrected chi connectivity index (χ4v) is 4.27. The van der Waals surface area contributed by atoms with Gasteiger partial charge in [0.1, 0.15) is 0 Å². The number of ketones is 2. The van der Waals surface area contributed by atoms with E-state index in [1.807, 2.05) is 76.2 Å². The third-order valence-electron chi connectivity index (χ3n) is 5.37. The van der Waals surface area contributed by atoms with E-state index in [2.05, 4.69) is 4.90 Å². The third-order valence-corrected chi connectivity index (χ3v) is 6.39. The molecule has 3 rings (SSSR count). The van der Waals surface area contributed by atoms with E-state index in [1.165, 1.54) is 0 Å². The average Bonchev–Trinajstić information content (AvgIpc) is 2.74. The van der Waals surface area contributed by atoms with Crippen LogP contribution in [0.15, 0.2) is 58.3 Å². The lowest BCUT2D eigenvalue weighted by molar-refractivity contribution is -0.00430. The smallest absolute Gasteiger partial charge is 0.182 e. The van der Waals surface area contributed by atoms with E-state index in [1.54, 1.807) is 11.8 Å². The Morgan fingerprint density at radius 2 is 1.38 bits per heavy atom. The van der Waals surface area contributed by atoms with Gasteiger partial charge < -0.3 is 4.74 Å². The number of rotatable bonds is 7. The summed E-state index contributed by atoms with van der Waals surface area (Å²) in [5, 5.41) is 0. The first-order chi connectivity index (χ1) is 13.8. The van der Waals surface area contributed by atoms with Crippen molar-refractivity contribution in [2.24, 2.45) is 5.92 Å². The summed E-state index contributed by atoms with van der Waals surface area (Å²) >= 11 is 1.62. The third kappa shape index (κ3) is 5.16. The van der Waals surface area contributed by atoms with E-state index in [4.69, 9.17) is 4.74 Å². The van der Waals surface area contributed by atoms with Crippen LogP contribution in [0.4, 0.5) is 0 Å². The van der Waals surface area contributed by atoms with Gasteiger partial charge in [-0.15, -0.1) is 0 Å². The summed E-state index contributed by atoms with van der Waals surface area (Å²) in [7, 11) is 0. The molecule has 0 bridgehead atoms. The topological polar surface area (TPSA) is 46.6 Å². The molecule has 1 aliphatic heterocycles. The number of Topliss-reactive ketones (excluding diaryl/α,β-unsaturated/α-hetero) is 2. The van der Waals surface area contributed by atoms with Crippen molar-refractivity contribution in [3.05, 3.63) is 59.7 Å². The molecule has 4 nitrogen and oxygen atoms in total. The van der Waals surface area contributed by atoms with Crippen LogP contribution in [0.1, 0.15) is 48.4 Å². The molecule has 5 heteroatoms. The SMILES string of the molecule is CC(C)C(=O)c1ccc(Sc2ccc(C(=O)C(C)(C)N3CCOCC3)cc2)cc1. The Morgan fingerprint density at radius 1 is 0.897 bits per heavy atom. The Bertz CT molecular complexity index is 851. The monoisotopic (exact) mass is 411 g/mol. The molecule has 0 atom stereocenters. The summed E-state index contributed by atoms with van der Waals surface area (Å²) in [6.45, 7) is 10.7. The summed E-state index contributed by atoms with van der Waals surface area (Å²) in [5.74, 6) is 0.292. The predicted molar refractivity (Wildman–Crippen MR) is 117 cm³/mol. The summed E-state index contributed by atoms with van der Waals surface area (Å²) in [5.41, 5.74) is 0.927. The van der Waals surface area contributed by atoms with Crippen LogP contribution in [0.5, 0.6) is 0 Å². The minimum absolute atomic E-state index is 0.000276. The summed E-state index contributed by atoms with van der Waals surface area (Å²) in [6.07, 6.45) is 0. The first-order valence-electron chi connectivity index (χ1n) is 10.1. The number of carbonyl (C=O) groups is 2. The van der Waals surface area contributed by atoms with Gasteiger partial charge in [0.25, 0.3) is 0 Å². The van der Waals surface area contributed by atoms with Crippen molar-refractivity contribution in [1.82, 2.24) is 4.90 Å². The van der Waals surface area contributed by atoms with E-state index in [9.17, 15) is 9.59 Å². The number of ether oxygens (including phenoxy) is 1.